The molecule has 0 saturated carbocycles. The topological polar surface area (TPSA) is 88.9 Å². The van der Waals surface area contributed by atoms with Crippen LogP contribution in [0.25, 0.3) is 5.69 Å². The van der Waals surface area contributed by atoms with E-state index in [1.54, 1.807) is 24.7 Å². The number of rotatable bonds is 5. The van der Waals surface area contributed by atoms with E-state index >= 15 is 0 Å². The van der Waals surface area contributed by atoms with Crippen LogP contribution in [0.4, 0.5) is 0 Å². The van der Waals surface area contributed by atoms with Gasteiger partial charge in [0.1, 0.15) is 6.33 Å². The van der Waals surface area contributed by atoms with E-state index in [2.05, 4.69) is 21.0 Å². The molecule has 1 aromatic heterocycles. The third kappa shape index (κ3) is 4.32. The highest BCUT2D eigenvalue weighted by atomic mass is 32.2. The van der Waals surface area contributed by atoms with Crippen LogP contribution < -0.4 is 10.9 Å². The second-order valence-electron chi connectivity index (χ2n) is 4.80. The second-order valence-corrected chi connectivity index (χ2v) is 5.74. The van der Waals surface area contributed by atoms with Gasteiger partial charge in [-0.3, -0.25) is 25.0 Å². The lowest BCUT2D eigenvalue weighted by Crippen LogP contribution is -2.44. The van der Waals surface area contributed by atoms with Crippen LogP contribution in [0.2, 0.25) is 0 Å². The van der Waals surface area contributed by atoms with Gasteiger partial charge in [-0.15, -0.1) is 10.2 Å². The molecule has 1 aromatic carbocycles. The van der Waals surface area contributed by atoms with E-state index < -0.39 is 0 Å². The molecule has 7 nitrogen and oxygen atoms in total. The lowest BCUT2D eigenvalue weighted by atomic mass is 10.2. The molecule has 0 radical (unpaired) electrons. The van der Waals surface area contributed by atoms with Gasteiger partial charge in [-0.25, -0.2) is 0 Å². The van der Waals surface area contributed by atoms with E-state index in [4.69, 9.17) is 0 Å². The molecule has 0 unspecified atom stereocenters. The molecule has 0 aliphatic heterocycles. The second kappa shape index (κ2) is 7.60. The van der Waals surface area contributed by atoms with Crippen LogP contribution in [0, 0.1) is 5.92 Å². The molecule has 2 N–H and O–H groups in total. The average molecular weight is 319 g/mol. The predicted octanol–water partition coefficient (Wildman–Crippen LogP) is 1.16. The molecule has 0 fully saturated rings. The van der Waals surface area contributed by atoms with E-state index in [9.17, 15) is 9.59 Å². The molecule has 0 aliphatic rings. The number of hydrazine groups is 1. The van der Waals surface area contributed by atoms with Gasteiger partial charge in [0, 0.05) is 11.6 Å². The standard InChI is InChI=1S/C14H17N5O2S/c1-10(2)13(21)17-16-12(20)8-22-14-18-15-9-19(14)11-6-4-3-5-7-11/h3-7,9-10H,8H2,1-2H3,(H,16,20)(H,17,21). The summed E-state index contributed by atoms with van der Waals surface area (Å²) in [5.41, 5.74) is 5.65. The number of nitrogens with zero attached hydrogens (tertiary/aromatic N) is 3. The number of hydrogen-bond acceptors (Lipinski definition) is 5. The van der Waals surface area contributed by atoms with Crippen molar-refractivity contribution in [1.82, 2.24) is 25.6 Å². The number of aromatic nitrogens is 3. The van der Waals surface area contributed by atoms with Crippen LogP contribution in [0.1, 0.15) is 13.8 Å². The number of nitrogens with one attached hydrogen (secondary N) is 2. The van der Waals surface area contributed by atoms with Gasteiger partial charge >= 0.3 is 0 Å². The normalized spacial score (nSPS) is 10.5. The van der Waals surface area contributed by atoms with Gasteiger partial charge in [0.05, 0.1) is 5.75 Å². The summed E-state index contributed by atoms with van der Waals surface area (Å²) in [4.78, 5) is 23.1. The zero-order chi connectivity index (χ0) is 15.9. The molecule has 2 rings (SSSR count). The fraction of sp³-hybridized carbons (Fsp3) is 0.286. The Bertz CT molecular complexity index is 642. The van der Waals surface area contributed by atoms with Crippen molar-refractivity contribution in [2.24, 2.45) is 5.92 Å². The quantitative estimate of drug-likeness (QED) is 0.638. The Hall–Kier alpha value is -2.35. The van der Waals surface area contributed by atoms with E-state index in [-0.39, 0.29) is 23.5 Å². The summed E-state index contributed by atoms with van der Waals surface area (Å²) in [6.45, 7) is 3.50. The molecule has 116 valence electrons. The maximum Gasteiger partial charge on any atom is 0.248 e. The van der Waals surface area contributed by atoms with Gasteiger partial charge in [-0.05, 0) is 12.1 Å². The monoisotopic (exact) mass is 319 g/mol. The van der Waals surface area contributed by atoms with Crippen molar-refractivity contribution < 1.29 is 9.59 Å². The molecule has 0 saturated heterocycles. The maximum atomic E-state index is 11.7. The summed E-state index contributed by atoms with van der Waals surface area (Å²) in [6, 6.07) is 9.61. The first-order valence-corrected chi connectivity index (χ1v) is 7.73. The SMILES string of the molecule is CC(C)C(=O)NNC(=O)CSc1nncn1-c1ccccc1. The lowest BCUT2D eigenvalue weighted by molar-refractivity contribution is -0.129. The third-order valence-electron chi connectivity index (χ3n) is 2.73. The summed E-state index contributed by atoms with van der Waals surface area (Å²) >= 11 is 1.24. The number of amides is 2. The van der Waals surface area contributed by atoms with Gasteiger partial charge in [-0.2, -0.15) is 0 Å². The molecule has 22 heavy (non-hydrogen) atoms. The fourth-order valence-corrected chi connectivity index (χ4v) is 2.26. The number of hydrogen-bond donors (Lipinski definition) is 2. The third-order valence-corrected chi connectivity index (χ3v) is 3.68. The predicted molar refractivity (Wildman–Crippen MR) is 83.2 cm³/mol. The number of benzene rings is 1. The smallest absolute Gasteiger partial charge is 0.248 e. The maximum absolute atomic E-state index is 11.7. The molecular formula is C14H17N5O2S. The number of thioether (sulfide) groups is 1. The van der Waals surface area contributed by atoms with Gasteiger partial charge in [0.2, 0.25) is 11.8 Å². The van der Waals surface area contributed by atoms with Crippen molar-refractivity contribution in [3.63, 3.8) is 0 Å². The molecule has 0 atom stereocenters. The molecule has 2 aromatic rings. The number of carbonyl (C=O) groups excluding carboxylic acids is 2. The van der Waals surface area contributed by atoms with Crippen molar-refractivity contribution in [3.05, 3.63) is 36.7 Å². The molecule has 0 aliphatic carbocycles. The Balaban J connectivity index is 1.89. The Morgan fingerprint density at radius 2 is 1.95 bits per heavy atom. The van der Waals surface area contributed by atoms with Crippen molar-refractivity contribution in [2.75, 3.05) is 5.75 Å². The van der Waals surface area contributed by atoms with Crippen molar-refractivity contribution in [2.45, 2.75) is 19.0 Å². The number of para-hydroxylation sites is 1. The van der Waals surface area contributed by atoms with Crippen LogP contribution in [0.3, 0.4) is 0 Å². The zero-order valence-corrected chi connectivity index (χ0v) is 13.1. The summed E-state index contributed by atoms with van der Waals surface area (Å²) in [5.74, 6) is -0.592. The van der Waals surface area contributed by atoms with E-state index in [1.807, 2.05) is 30.3 Å². The van der Waals surface area contributed by atoms with Gasteiger partial charge in [0.15, 0.2) is 5.16 Å². The first-order chi connectivity index (χ1) is 10.6. The highest BCUT2D eigenvalue weighted by Crippen LogP contribution is 2.18. The fourth-order valence-electron chi connectivity index (χ4n) is 1.53. The Labute approximate surface area is 132 Å². The van der Waals surface area contributed by atoms with Crippen molar-refractivity contribution in [3.8, 4) is 5.69 Å². The molecule has 8 heteroatoms. The Kier molecular flexibility index (Phi) is 5.54. The van der Waals surface area contributed by atoms with E-state index in [1.165, 1.54) is 11.8 Å². The van der Waals surface area contributed by atoms with Gasteiger partial charge < -0.3 is 0 Å². The minimum atomic E-state index is -0.304. The highest BCUT2D eigenvalue weighted by molar-refractivity contribution is 7.99. The van der Waals surface area contributed by atoms with Gasteiger partial charge in [0.25, 0.3) is 0 Å². The Morgan fingerprint density at radius 3 is 2.64 bits per heavy atom. The van der Waals surface area contributed by atoms with Crippen LogP contribution in [0.5, 0.6) is 0 Å². The zero-order valence-electron chi connectivity index (χ0n) is 12.3. The summed E-state index contributed by atoms with van der Waals surface area (Å²) in [5, 5.41) is 8.47. The van der Waals surface area contributed by atoms with Crippen LogP contribution in [-0.4, -0.2) is 32.3 Å². The summed E-state index contributed by atoms with van der Waals surface area (Å²) < 4.78 is 1.80. The first-order valence-electron chi connectivity index (χ1n) is 6.75. The highest BCUT2D eigenvalue weighted by Gasteiger charge is 2.11. The summed E-state index contributed by atoms with van der Waals surface area (Å²) in [7, 11) is 0. The van der Waals surface area contributed by atoms with Crippen molar-refractivity contribution in [1.29, 1.82) is 0 Å². The minimum absolute atomic E-state index is 0.129. The molecule has 2 amide bonds. The van der Waals surface area contributed by atoms with Crippen molar-refractivity contribution >= 4 is 23.6 Å². The largest absolute Gasteiger partial charge is 0.277 e. The lowest BCUT2D eigenvalue weighted by Gasteiger charge is -2.09. The molecule has 1 heterocycles. The molecule has 0 bridgehead atoms. The molecule has 0 spiro atoms. The summed E-state index contributed by atoms with van der Waals surface area (Å²) in [6.07, 6.45) is 1.59. The van der Waals surface area contributed by atoms with E-state index in [0.29, 0.717) is 5.16 Å². The first kappa shape index (κ1) is 16.0. The Morgan fingerprint density at radius 1 is 1.23 bits per heavy atom. The van der Waals surface area contributed by atoms with Crippen LogP contribution in [0.15, 0.2) is 41.8 Å². The van der Waals surface area contributed by atoms with Crippen LogP contribution in [-0.2, 0) is 9.59 Å². The average Bonchev–Trinajstić information content (AvgIpc) is 2.99. The van der Waals surface area contributed by atoms with E-state index in [0.717, 1.165) is 5.69 Å². The number of carbonyl (C=O) groups is 2. The van der Waals surface area contributed by atoms with Gasteiger partial charge in [-0.1, -0.05) is 43.8 Å². The molecular weight excluding hydrogens is 302 g/mol. The van der Waals surface area contributed by atoms with Crippen LogP contribution >= 0.6 is 11.8 Å². The minimum Gasteiger partial charge on any atom is -0.277 e.